The number of rotatable bonds is 5. The highest BCUT2D eigenvalue weighted by atomic mass is 16.5. The monoisotopic (exact) mass is 239 g/mol. The van der Waals surface area contributed by atoms with Crippen LogP contribution in [0.4, 0.5) is 5.69 Å². The first-order valence-corrected chi connectivity index (χ1v) is 5.66. The number of hydrogen-bond donors (Lipinski definition) is 1. The number of nitriles is 1. The van der Waals surface area contributed by atoms with Gasteiger partial charge in [-0.05, 0) is 24.3 Å². The molecule has 0 fully saturated rings. The molecule has 0 saturated heterocycles. The maximum atomic E-state index is 8.72. The van der Waals surface area contributed by atoms with Crippen LogP contribution in [0.25, 0.3) is 0 Å². The summed E-state index contributed by atoms with van der Waals surface area (Å²) in [6, 6.07) is 15.2. The van der Waals surface area contributed by atoms with Crippen molar-refractivity contribution in [1.29, 1.82) is 5.26 Å². The second kappa shape index (κ2) is 6.26. The molecule has 1 aromatic carbocycles. The van der Waals surface area contributed by atoms with Gasteiger partial charge in [-0.2, -0.15) is 5.26 Å². The van der Waals surface area contributed by atoms with Crippen LogP contribution in [0.3, 0.4) is 0 Å². The molecule has 4 nitrogen and oxygen atoms in total. The average molecular weight is 239 g/mol. The van der Waals surface area contributed by atoms with E-state index in [0.29, 0.717) is 18.8 Å². The predicted molar refractivity (Wildman–Crippen MR) is 69.4 cm³/mol. The summed E-state index contributed by atoms with van der Waals surface area (Å²) in [4.78, 5) is 3.90. The Kier molecular flexibility index (Phi) is 4.15. The molecule has 0 radical (unpaired) electrons. The van der Waals surface area contributed by atoms with Crippen LogP contribution >= 0.6 is 0 Å². The summed E-state index contributed by atoms with van der Waals surface area (Å²) in [6.07, 6.45) is 1.61. The first kappa shape index (κ1) is 11.9. The van der Waals surface area contributed by atoms with Crippen LogP contribution in [0, 0.1) is 11.3 Å². The van der Waals surface area contributed by atoms with Crippen LogP contribution in [-0.2, 0) is 0 Å². The molecule has 2 aromatic rings. The normalized spacial score (nSPS) is 9.50. The standard InChI is InChI=1S/C14H13N3O/c15-11-13-10-12(6-7-16-13)17-8-9-18-14-4-2-1-3-5-14/h1-7,10H,8-9H2,(H,16,17). The zero-order valence-corrected chi connectivity index (χ0v) is 9.84. The second-order valence-electron chi connectivity index (χ2n) is 3.63. The Hall–Kier alpha value is -2.54. The van der Waals surface area contributed by atoms with Crippen LogP contribution in [0.1, 0.15) is 5.69 Å². The summed E-state index contributed by atoms with van der Waals surface area (Å²) >= 11 is 0. The van der Waals surface area contributed by atoms with E-state index in [1.54, 1.807) is 12.3 Å². The van der Waals surface area contributed by atoms with Gasteiger partial charge in [0.1, 0.15) is 24.1 Å². The van der Waals surface area contributed by atoms with Crippen LogP contribution in [-0.4, -0.2) is 18.1 Å². The lowest BCUT2D eigenvalue weighted by Gasteiger charge is -2.08. The molecule has 1 heterocycles. The van der Waals surface area contributed by atoms with Gasteiger partial charge in [-0.1, -0.05) is 18.2 Å². The third kappa shape index (κ3) is 3.49. The summed E-state index contributed by atoms with van der Waals surface area (Å²) in [5.74, 6) is 0.853. The molecule has 0 bridgehead atoms. The molecule has 0 saturated carbocycles. The zero-order valence-electron chi connectivity index (χ0n) is 9.84. The smallest absolute Gasteiger partial charge is 0.142 e. The molecule has 18 heavy (non-hydrogen) atoms. The van der Waals surface area contributed by atoms with E-state index in [9.17, 15) is 0 Å². The molecule has 0 spiro atoms. The minimum atomic E-state index is 0.406. The molecule has 0 aliphatic heterocycles. The molecular weight excluding hydrogens is 226 g/mol. The van der Waals surface area contributed by atoms with Crippen molar-refractivity contribution in [1.82, 2.24) is 4.98 Å². The molecule has 0 unspecified atom stereocenters. The summed E-state index contributed by atoms with van der Waals surface area (Å²) in [5, 5.41) is 11.9. The van der Waals surface area contributed by atoms with E-state index in [1.165, 1.54) is 0 Å². The summed E-state index contributed by atoms with van der Waals surface area (Å²) in [6.45, 7) is 1.23. The number of pyridine rings is 1. The van der Waals surface area contributed by atoms with Crippen molar-refractivity contribution in [2.75, 3.05) is 18.5 Å². The molecule has 0 amide bonds. The van der Waals surface area contributed by atoms with Crippen molar-refractivity contribution in [3.8, 4) is 11.8 Å². The quantitative estimate of drug-likeness (QED) is 0.814. The summed E-state index contributed by atoms with van der Waals surface area (Å²) in [7, 11) is 0. The number of nitrogens with zero attached hydrogens (tertiary/aromatic N) is 2. The number of benzene rings is 1. The second-order valence-corrected chi connectivity index (χ2v) is 3.63. The maximum Gasteiger partial charge on any atom is 0.142 e. The number of nitrogens with one attached hydrogen (secondary N) is 1. The Morgan fingerprint density at radius 1 is 1.22 bits per heavy atom. The Bertz CT molecular complexity index is 534. The van der Waals surface area contributed by atoms with Crippen LogP contribution in [0.2, 0.25) is 0 Å². The molecule has 0 aliphatic carbocycles. The van der Waals surface area contributed by atoms with Gasteiger partial charge in [0.05, 0.1) is 0 Å². The molecule has 0 atom stereocenters. The summed E-state index contributed by atoms with van der Waals surface area (Å²) in [5.41, 5.74) is 1.28. The van der Waals surface area contributed by atoms with E-state index in [1.807, 2.05) is 42.5 Å². The highest BCUT2D eigenvalue weighted by molar-refractivity contribution is 5.45. The number of para-hydroxylation sites is 1. The lowest BCUT2D eigenvalue weighted by atomic mass is 10.3. The minimum Gasteiger partial charge on any atom is -0.492 e. The maximum absolute atomic E-state index is 8.72. The van der Waals surface area contributed by atoms with Gasteiger partial charge in [0, 0.05) is 18.4 Å². The van der Waals surface area contributed by atoms with E-state index in [-0.39, 0.29) is 0 Å². The third-order valence-electron chi connectivity index (χ3n) is 2.32. The van der Waals surface area contributed by atoms with Gasteiger partial charge in [-0.15, -0.1) is 0 Å². The largest absolute Gasteiger partial charge is 0.492 e. The number of aromatic nitrogens is 1. The van der Waals surface area contributed by atoms with Crippen LogP contribution in [0.5, 0.6) is 5.75 Å². The molecular formula is C14H13N3O. The van der Waals surface area contributed by atoms with Gasteiger partial charge in [0.25, 0.3) is 0 Å². The van der Waals surface area contributed by atoms with E-state index in [0.717, 1.165) is 11.4 Å². The zero-order chi connectivity index (χ0) is 12.6. The van der Waals surface area contributed by atoms with Gasteiger partial charge < -0.3 is 10.1 Å². The first-order chi connectivity index (χ1) is 8.88. The van der Waals surface area contributed by atoms with Crippen molar-refractivity contribution in [3.63, 3.8) is 0 Å². The van der Waals surface area contributed by atoms with Crippen LogP contribution < -0.4 is 10.1 Å². The number of ether oxygens (including phenoxy) is 1. The third-order valence-corrected chi connectivity index (χ3v) is 2.32. The Labute approximate surface area is 106 Å². The molecule has 1 N–H and O–H groups in total. The highest BCUT2D eigenvalue weighted by Crippen LogP contribution is 2.09. The van der Waals surface area contributed by atoms with Crippen LogP contribution in [0.15, 0.2) is 48.7 Å². The fourth-order valence-electron chi connectivity index (χ4n) is 1.48. The van der Waals surface area contributed by atoms with Crippen molar-refractivity contribution in [3.05, 3.63) is 54.4 Å². The van der Waals surface area contributed by atoms with Crippen molar-refractivity contribution in [2.45, 2.75) is 0 Å². The van der Waals surface area contributed by atoms with Gasteiger partial charge in [-0.3, -0.25) is 0 Å². The lowest BCUT2D eigenvalue weighted by Crippen LogP contribution is -2.11. The topological polar surface area (TPSA) is 57.9 Å². The number of anilines is 1. The summed E-state index contributed by atoms with van der Waals surface area (Å²) < 4.78 is 5.54. The van der Waals surface area contributed by atoms with Crippen molar-refractivity contribution >= 4 is 5.69 Å². The fraction of sp³-hybridized carbons (Fsp3) is 0.143. The predicted octanol–water partition coefficient (Wildman–Crippen LogP) is 2.44. The first-order valence-electron chi connectivity index (χ1n) is 5.66. The lowest BCUT2D eigenvalue weighted by molar-refractivity contribution is 0.333. The SMILES string of the molecule is N#Cc1cc(NCCOc2ccccc2)ccn1. The van der Waals surface area contributed by atoms with E-state index >= 15 is 0 Å². The Morgan fingerprint density at radius 3 is 2.83 bits per heavy atom. The van der Waals surface area contributed by atoms with E-state index in [4.69, 9.17) is 10.00 Å². The van der Waals surface area contributed by atoms with Gasteiger partial charge in [0.2, 0.25) is 0 Å². The molecule has 1 aromatic heterocycles. The minimum absolute atomic E-state index is 0.406. The Morgan fingerprint density at radius 2 is 2.06 bits per heavy atom. The molecule has 2 rings (SSSR count). The van der Waals surface area contributed by atoms with Crippen molar-refractivity contribution in [2.24, 2.45) is 0 Å². The van der Waals surface area contributed by atoms with Crippen molar-refractivity contribution < 1.29 is 4.74 Å². The highest BCUT2D eigenvalue weighted by Gasteiger charge is 1.96. The van der Waals surface area contributed by atoms with E-state index in [2.05, 4.69) is 10.3 Å². The van der Waals surface area contributed by atoms with Gasteiger partial charge in [-0.25, -0.2) is 4.98 Å². The average Bonchev–Trinajstić information content (AvgIpc) is 2.45. The van der Waals surface area contributed by atoms with E-state index < -0.39 is 0 Å². The van der Waals surface area contributed by atoms with Gasteiger partial charge in [0.15, 0.2) is 0 Å². The molecule has 0 aliphatic rings. The number of hydrogen-bond acceptors (Lipinski definition) is 4. The van der Waals surface area contributed by atoms with Gasteiger partial charge >= 0.3 is 0 Å². The Balaban J connectivity index is 1.77. The molecule has 90 valence electrons. The molecule has 4 heteroatoms. The fourth-order valence-corrected chi connectivity index (χ4v) is 1.48.